The number of sulfonamides is 1. The Morgan fingerprint density at radius 3 is 2.61 bits per heavy atom. The van der Waals surface area contributed by atoms with Crippen molar-refractivity contribution in [2.75, 3.05) is 7.05 Å². The van der Waals surface area contributed by atoms with E-state index in [1.165, 1.54) is 23.5 Å². The minimum absolute atomic E-state index is 0.0604. The first-order valence-electron chi connectivity index (χ1n) is 11.0. The van der Waals surface area contributed by atoms with Crippen molar-refractivity contribution in [3.63, 3.8) is 0 Å². The topological polar surface area (TPSA) is 92.3 Å². The van der Waals surface area contributed by atoms with Gasteiger partial charge in [0.05, 0.1) is 4.90 Å². The lowest BCUT2D eigenvalue weighted by atomic mass is 9.92. The van der Waals surface area contributed by atoms with Crippen LogP contribution in [0.5, 0.6) is 0 Å². The number of carbonyl (C=O) groups excluding carboxylic acids is 1. The van der Waals surface area contributed by atoms with Gasteiger partial charge in [-0.05, 0) is 56.9 Å². The number of aromatic nitrogens is 2. The lowest BCUT2D eigenvalue weighted by molar-refractivity contribution is 0.0933. The molecule has 1 heterocycles. The lowest BCUT2D eigenvalue weighted by Gasteiger charge is -2.25. The third kappa shape index (κ3) is 4.96. The SMILES string of the molecule is CC(C)N(C)S(=O)(=O)c1cccc(C(=O)NC2CCc3nc(-c4ccccc4)ncc3C2)c1. The van der Waals surface area contributed by atoms with Gasteiger partial charge in [0.25, 0.3) is 5.91 Å². The van der Waals surface area contributed by atoms with E-state index in [2.05, 4.69) is 10.3 Å². The van der Waals surface area contributed by atoms with E-state index in [0.29, 0.717) is 17.8 Å². The summed E-state index contributed by atoms with van der Waals surface area (Å²) in [6, 6.07) is 15.8. The summed E-state index contributed by atoms with van der Waals surface area (Å²) in [4.78, 5) is 22.2. The summed E-state index contributed by atoms with van der Waals surface area (Å²) in [5.41, 5.74) is 3.35. The van der Waals surface area contributed by atoms with Gasteiger partial charge in [-0.2, -0.15) is 4.31 Å². The van der Waals surface area contributed by atoms with Crippen LogP contribution in [0, 0.1) is 0 Å². The summed E-state index contributed by atoms with van der Waals surface area (Å²) in [7, 11) is -2.12. The number of nitrogens with zero attached hydrogens (tertiary/aromatic N) is 3. The van der Waals surface area contributed by atoms with Crippen molar-refractivity contribution in [1.82, 2.24) is 19.6 Å². The number of hydrogen-bond donors (Lipinski definition) is 1. The van der Waals surface area contributed by atoms with Crippen molar-refractivity contribution in [3.05, 3.63) is 77.6 Å². The van der Waals surface area contributed by atoms with Crippen LogP contribution < -0.4 is 5.32 Å². The quantitative estimate of drug-likeness (QED) is 0.603. The van der Waals surface area contributed by atoms with Crippen LogP contribution in [0.15, 0.2) is 65.7 Å². The molecule has 0 spiro atoms. The predicted molar refractivity (Wildman–Crippen MR) is 127 cm³/mol. The Balaban J connectivity index is 1.46. The highest BCUT2D eigenvalue weighted by Gasteiger charge is 2.26. The highest BCUT2D eigenvalue weighted by Crippen LogP contribution is 2.23. The molecule has 0 radical (unpaired) electrons. The summed E-state index contributed by atoms with van der Waals surface area (Å²) in [6.07, 6.45) is 4.00. The molecule has 0 fully saturated rings. The van der Waals surface area contributed by atoms with Crippen LogP contribution in [0.4, 0.5) is 0 Å². The van der Waals surface area contributed by atoms with E-state index < -0.39 is 10.0 Å². The summed E-state index contributed by atoms with van der Waals surface area (Å²) in [5, 5.41) is 3.05. The van der Waals surface area contributed by atoms with E-state index in [4.69, 9.17) is 4.98 Å². The van der Waals surface area contributed by atoms with Gasteiger partial charge in [0.15, 0.2) is 5.82 Å². The maximum Gasteiger partial charge on any atom is 0.251 e. The van der Waals surface area contributed by atoms with E-state index >= 15 is 0 Å². The summed E-state index contributed by atoms with van der Waals surface area (Å²) in [5.74, 6) is 0.427. The van der Waals surface area contributed by atoms with Gasteiger partial charge < -0.3 is 5.32 Å². The highest BCUT2D eigenvalue weighted by molar-refractivity contribution is 7.89. The average molecular weight is 465 g/mol. The number of hydrogen-bond acceptors (Lipinski definition) is 5. The van der Waals surface area contributed by atoms with Crippen LogP contribution in [-0.4, -0.2) is 47.7 Å². The van der Waals surface area contributed by atoms with Crippen molar-refractivity contribution in [2.45, 2.75) is 50.1 Å². The third-order valence-corrected chi connectivity index (χ3v) is 8.05. The molecule has 1 atom stereocenters. The molecule has 1 N–H and O–H groups in total. The third-order valence-electron chi connectivity index (χ3n) is 6.02. The molecule has 3 aromatic rings. The molecule has 0 saturated carbocycles. The number of carbonyl (C=O) groups is 1. The number of aryl methyl sites for hydroxylation is 1. The van der Waals surface area contributed by atoms with Gasteiger partial charge in [0.1, 0.15) is 0 Å². The molecule has 0 aliphatic heterocycles. The normalized spacial score (nSPS) is 16.0. The van der Waals surface area contributed by atoms with Crippen LogP contribution in [0.25, 0.3) is 11.4 Å². The molecule has 33 heavy (non-hydrogen) atoms. The molecule has 0 saturated heterocycles. The summed E-state index contributed by atoms with van der Waals surface area (Å²) in [6.45, 7) is 3.61. The first-order valence-corrected chi connectivity index (χ1v) is 12.5. The van der Waals surface area contributed by atoms with Crippen molar-refractivity contribution < 1.29 is 13.2 Å². The smallest absolute Gasteiger partial charge is 0.251 e. The van der Waals surface area contributed by atoms with Crippen LogP contribution in [-0.2, 0) is 22.9 Å². The molecule has 1 aromatic heterocycles. The molecular weight excluding hydrogens is 436 g/mol. The Morgan fingerprint density at radius 2 is 1.88 bits per heavy atom. The molecule has 1 amide bonds. The van der Waals surface area contributed by atoms with Crippen LogP contribution in [0.2, 0.25) is 0 Å². The Morgan fingerprint density at radius 1 is 1.12 bits per heavy atom. The second-order valence-electron chi connectivity index (χ2n) is 8.59. The number of rotatable bonds is 6. The van der Waals surface area contributed by atoms with Crippen LogP contribution in [0.1, 0.15) is 41.9 Å². The molecule has 1 unspecified atom stereocenters. The van der Waals surface area contributed by atoms with Gasteiger partial charge in [-0.1, -0.05) is 36.4 Å². The maximum absolute atomic E-state index is 12.9. The first kappa shape index (κ1) is 23.1. The molecule has 0 bridgehead atoms. The Bertz CT molecular complexity index is 1260. The Kier molecular flexibility index (Phi) is 6.58. The van der Waals surface area contributed by atoms with Gasteiger partial charge in [0, 0.05) is 42.1 Å². The largest absolute Gasteiger partial charge is 0.349 e. The van der Waals surface area contributed by atoms with Crippen molar-refractivity contribution in [3.8, 4) is 11.4 Å². The average Bonchev–Trinajstić information content (AvgIpc) is 2.83. The lowest BCUT2D eigenvalue weighted by Crippen LogP contribution is -2.39. The second-order valence-corrected chi connectivity index (χ2v) is 10.6. The molecule has 1 aliphatic rings. The predicted octanol–water partition coefficient (Wildman–Crippen LogP) is 3.46. The van der Waals surface area contributed by atoms with Gasteiger partial charge in [-0.15, -0.1) is 0 Å². The first-order chi connectivity index (χ1) is 15.8. The van der Waals surface area contributed by atoms with E-state index in [-0.39, 0.29) is 22.9 Å². The van der Waals surface area contributed by atoms with Gasteiger partial charge in [-0.3, -0.25) is 4.79 Å². The number of amides is 1. The number of fused-ring (bicyclic) bond motifs is 1. The standard InChI is InChI=1S/C25H28N4O3S/c1-17(2)29(3)33(31,32)22-11-7-10-19(15-22)25(30)27-21-12-13-23-20(14-21)16-26-24(28-23)18-8-5-4-6-9-18/h4-11,15-17,21H,12-14H2,1-3H3,(H,27,30). The molecule has 4 rings (SSSR count). The molecule has 1 aliphatic carbocycles. The molecule has 7 nitrogen and oxygen atoms in total. The van der Waals surface area contributed by atoms with Crippen LogP contribution >= 0.6 is 0 Å². The fourth-order valence-electron chi connectivity index (χ4n) is 3.87. The minimum Gasteiger partial charge on any atom is -0.349 e. The van der Waals surface area contributed by atoms with Gasteiger partial charge >= 0.3 is 0 Å². The summed E-state index contributed by atoms with van der Waals surface area (Å²) < 4.78 is 26.9. The highest BCUT2D eigenvalue weighted by atomic mass is 32.2. The molecule has 172 valence electrons. The fraction of sp³-hybridized carbons (Fsp3) is 0.320. The van der Waals surface area contributed by atoms with Gasteiger partial charge in [-0.25, -0.2) is 18.4 Å². The zero-order chi connectivity index (χ0) is 23.6. The van der Waals surface area contributed by atoms with E-state index in [0.717, 1.165) is 29.7 Å². The van der Waals surface area contributed by atoms with Crippen molar-refractivity contribution in [2.24, 2.45) is 0 Å². The molecule has 2 aromatic carbocycles. The summed E-state index contributed by atoms with van der Waals surface area (Å²) >= 11 is 0. The van der Waals surface area contributed by atoms with Gasteiger partial charge in [0.2, 0.25) is 10.0 Å². The second kappa shape index (κ2) is 9.41. The van der Waals surface area contributed by atoms with Crippen molar-refractivity contribution >= 4 is 15.9 Å². The van der Waals surface area contributed by atoms with E-state index in [1.54, 1.807) is 12.1 Å². The van der Waals surface area contributed by atoms with Crippen molar-refractivity contribution in [1.29, 1.82) is 0 Å². The fourth-order valence-corrected chi connectivity index (χ4v) is 5.28. The monoisotopic (exact) mass is 464 g/mol. The zero-order valence-electron chi connectivity index (χ0n) is 19.0. The van der Waals surface area contributed by atoms with Crippen LogP contribution in [0.3, 0.4) is 0 Å². The molecular formula is C25H28N4O3S. The zero-order valence-corrected chi connectivity index (χ0v) is 19.8. The number of nitrogens with one attached hydrogen (secondary N) is 1. The minimum atomic E-state index is -3.66. The Labute approximate surface area is 194 Å². The Hall–Kier alpha value is -3.10. The maximum atomic E-state index is 12.9. The molecule has 8 heteroatoms. The van der Waals surface area contributed by atoms with E-state index in [9.17, 15) is 13.2 Å². The van der Waals surface area contributed by atoms with E-state index in [1.807, 2.05) is 50.4 Å². The number of benzene rings is 2.